The number of aryl methyl sites for hydroxylation is 1. The zero-order valence-corrected chi connectivity index (χ0v) is 42.9. The van der Waals surface area contributed by atoms with E-state index in [9.17, 15) is 0 Å². The molecule has 5 heterocycles. The van der Waals surface area contributed by atoms with Crippen LogP contribution in [-0.2, 0) is 26.5 Å². The Bertz CT molecular complexity index is 3340. The van der Waals surface area contributed by atoms with Crippen molar-refractivity contribution in [1.82, 2.24) is 14.5 Å². The van der Waals surface area contributed by atoms with Crippen molar-refractivity contribution in [3.63, 3.8) is 0 Å². The molecule has 0 amide bonds. The van der Waals surface area contributed by atoms with Gasteiger partial charge in [0.15, 0.2) is 0 Å². The number of para-hydroxylation sites is 3. The molecule has 1 saturated heterocycles. The van der Waals surface area contributed by atoms with Crippen LogP contribution in [0.1, 0.15) is 81.9 Å². The second-order valence-corrected chi connectivity index (χ2v) is 24.0. The summed E-state index contributed by atoms with van der Waals surface area (Å²) < 4.78 is 8.88. The number of pyridine rings is 1. The molecule has 1 fully saturated rings. The summed E-state index contributed by atoms with van der Waals surface area (Å²) in [5.74, 6) is 1.39. The monoisotopic (exact) mass is 1080 g/mol. The van der Waals surface area contributed by atoms with Gasteiger partial charge in [0.05, 0.1) is 30.5 Å². The van der Waals surface area contributed by atoms with Crippen LogP contribution in [0.15, 0.2) is 168 Å². The van der Waals surface area contributed by atoms with E-state index in [-0.39, 0.29) is 31.9 Å². The van der Waals surface area contributed by atoms with E-state index in [1.54, 1.807) is 10.8 Å². The standard InChI is InChI=1S/C43H35N2O.C19H22NSi.Ir/c1-27(2)36-25-32(31-23-21-30(22-24-31)29-13-6-5-7-14-29)26-37(28(3)4)41(36)45-39-19-10-9-18-38(39)44-43(45)35-17-12-16-34-33-15-8-11-20-40(33)46-42(34)35;1-3-8-16(9-4-1)18-14-17-10-7-13-21(19(17)15-20-18)11-5-2-6-12-21;/h5-16,18-28H,1-4H3;1,3-4,8,14-15H,2,5-7,10-13H2;/q2*-1;. The Morgan fingerprint density at radius 2 is 1.26 bits per heavy atom. The quantitative estimate of drug-likeness (QED) is 0.118. The van der Waals surface area contributed by atoms with Crippen LogP contribution in [0.2, 0.25) is 18.1 Å². The minimum Gasteiger partial charge on any atom is -0.501 e. The van der Waals surface area contributed by atoms with Gasteiger partial charge in [-0.05, 0) is 92.8 Å². The van der Waals surface area contributed by atoms with Gasteiger partial charge in [-0.1, -0.05) is 179 Å². The van der Waals surface area contributed by atoms with Crippen LogP contribution < -0.4 is 5.19 Å². The van der Waals surface area contributed by atoms with Crippen molar-refractivity contribution >= 4 is 46.2 Å². The summed E-state index contributed by atoms with van der Waals surface area (Å²) in [4.78, 5) is 10.1. The second kappa shape index (κ2) is 19.4. The first-order valence-electron chi connectivity index (χ1n) is 24.5. The van der Waals surface area contributed by atoms with Crippen LogP contribution in [0.25, 0.3) is 83.6 Å². The van der Waals surface area contributed by atoms with Crippen LogP contribution in [-0.4, -0.2) is 22.6 Å². The molecule has 1 spiro atoms. The van der Waals surface area contributed by atoms with E-state index < -0.39 is 8.07 Å². The molecule has 0 unspecified atom stereocenters. The molecule has 4 nitrogen and oxygen atoms in total. The average molecular weight is 1080 g/mol. The number of imidazole rings is 1. The van der Waals surface area contributed by atoms with Gasteiger partial charge >= 0.3 is 0 Å². The largest absolute Gasteiger partial charge is 0.501 e. The summed E-state index contributed by atoms with van der Waals surface area (Å²) in [5, 5.41) is 3.88. The number of aromatic nitrogens is 3. The minimum atomic E-state index is -1.19. The molecule has 12 rings (SSSR count). The number of fused-ring (bicyclic) bond motifs is 6. The predicted molar refractivity (Wildman–Crippen MR) is 282 cm³/mol. The first-order valence-corrected chi connectivity index (χ1v) is 27.1. The van der Waals surface area contributed by atoms with E-state index >= 15 is 0 Å². The summed E-state index contributed by atoms with van der Waals surface area (Å²) in [6, 6.07) is 67.0. The molecule has 2 aliphatic heterocycles. The zero-order valence-electron chi connectivity index (χ0n) is 39.5. The van der Waals surface area contributed by atoms with Crippen LogP contribution in [0.4, 0.5) is 0 Å². The smallest absolute Gasteiger partial charge is 0.120 e. The zero-order chi connectivity index (χ0) is 45.5. The summed E-state index contributed by atoms with van der Waals surface area (Å²) in [6.45, 7) is 9.15. The molecule has 0 atom stereocenters. The maximum atomic E-state index is 6.51. The maximum absolute atomic E-state index is 6.51. The molecule has 0 aliphatic carbocycles. The minimum absolute atomic E-state index is 0. The van der Waals surface area contributed by atoms with E-state index in [4.69, 9.17) is 14.4 Å². The number of benzene rings is 7. The van der Waals surface area contributed by atoms with Crippen LogP contribution in [0.5, 0.6) is 0 Å². The number of hydrogen-bond donors (Lipinski definition) is 0. The molecular formula is C62H57IrN3OSi-2. The number of furan rings is 1. The topological polar surface area (TPSA) is 43.9 Å². The molecule has 6 heteroatoms. The van der Waals surface area contributed by atoms with Crippen molar-refractivity contribution in [2.75, 3.05) is 0 Å². The normalized spacial score (nSPS) is 14.3. The Morgan fingerprint density at radius 3 is 2.00 bits per heavy atom. The summed E-state index contributed by atoms with van der Waals surface area (Å²) in [5.41, 5.74) is 17.1. The van der Waals surface area contributed by atoms with Crippen LogP contribution in [0, 0.1) is 12.1 Å². The molecule has 2 aliphatic rings. The van der Waals surface area contributed by atoms with Gasteiger partial charge in [-0.15, -0.1) is 54.1 Å². The van der Waals surface area contributed by atoms with E-state index in [1.165, 1.54) is 89.3 Å². The summed E-state index contributed by atoms with van der Waals surface area (Å²) in [6.07, 6.45) is 9.28. The van der Waals surface area contributed by atoms with Crippen LogP contribution >= 0.6 is 0 Å². The van der Waals surface area contributed by atoms with E-state index in [0.717, 1.165) is 55.6 Å². The molecule has 0 N–H and O–H groups in total. The van der Waals surface area contributed by atoms with Gasteiger partial charge in [-0.2, -0.15) is 0 Å². The molecule has 0 saturated carbocycles. The summed E-state index contributed by atoms with van der Waals surface area (Å²) >= 11 is 0. The third kappa shape index (κ3) is 8.53. The van der Waals surface area contributed by atoms with Crippen molar-refractivity contribution in [2.24, 2.45) is 0 Å². The van der Waals surface area contributed by atoms with E-state index in [0.29, 0.717) is 0 Å². The van der Waals surface area contributed by atoms with Crippen molar-refractivity contribution in [2.45, 2.75) is 89.8 Å². The molecular weight excluding hydrogens is 1020 g/mol. The molecule has 7 aromatic carbocycles. The Kier molecular flexibility index (Phi) is 13.0. The van der Waals surface area contributed by atoms with Gasteiger partial charge in [0.1, 0.15) is 5.58 Å². The first kappa shape index (κ1) is 45.6. The van der Waals surface area contributed by atoms with Gasteiger partial charge < -0.3 is 14.0 Å². The Labute approximate surface area is 415 Å². The second-order valence-electron chi connectivity index (χ2n) is 19.4. The molecule has 68 heavy (non-hydrogen) atoms. The maximum Gasteiger partial charge on any atom is 0.120 e. The molecule has 341 valence electrons. The molecule has 0 bridgehead atoms. The molecule has 1 radical (unpaired) electrons. The van der Waals surface area contributed by atoms with E-state index in [1.807, 2.05) is 30.3 Å². The fourth-order valence-corrected chi connectivity index (χ4v) is 16.6. The van der Waals surface area contributed by atoms with Crippen molar-refractivity contribution in [3.05, 3.63) is 193 Å². The summed E-state index contributed by atoms with van der Waals surface area (Å²) in [7, 11) is -1.19. The molecule has 3 aromatic heterocycles. The van der Waals surface area contributed by atoms with Gasteiger partial charge in [0.2, 0.25) is 0 Å². The van der Waals surface area contributed by atoms with Gasteiger partial charge in [-0.25, -0.2) is 0 Å². The number of nitrogens with zero attached hydrogens (tertiary/aromatic N) is 3. The van der Waals surface area contributed by atoms with Gasteiger partial charge in [-0.3, -0.25) is 4.98 Å². The SMILES string of the molecule is CC(C)c1cc(-c2ccc(-c3ccccc3)cc2)cc(C(C)C)c1-n1c(-c2[c-]ccc3c2oc2ccccc23)nc2ccccc21.[Ir].[c-]1ccccc1-c1cc2c(cn1)[Si]1(CCCCC1)CCC2. The molecule has 10 aromatic rings. The predicted octanol–water partition coefficient (Wildman–Crippen LogP) is 16.3. The number of hydrogen-bond acceptors (Lipinski definition) is 3. The average Bonchev–Trinajstić information content (AvgIpc) is 3.96. The fourth-order valence-electron chi connectivity index (χ4n) is 11.1. The third-order valence-corrected chi connectivity index (χ3v) is 20.1. The Balaban J connectivity index is 0.000000204. The Morgan fingerprint density at radius 1 is 0.603 bits per heavy atom. The van der Waals surface area contributed by atoms with Crippen molar-refractivity contribution in [3.8, 4) is 50.6 Å². The first-order chi connectivity index (χ1) is 32.8. The van der Waals surface area contributed by atoms with Gasteiger partial charge in [0, 0.05) is 37.4 Å². The van der Waals surface area contributed by atoms with Gasteiger partial charge in [0.25, 0.3) is 0 Å². The third-order valence-electron chi connectivity index (χ3n) is 14.5. The fraction of sp³-hybridized carbons (Fsp3) is 0.226. The van der Waals surface area contributed by atoms with E-state index in [2.05, 4.69) is 178 Å². The van der Waals surface area contributed by atoms with Crippen molar-refractivity contribution in [1.29, 1.82) is 0 Å². The number of rotatable bonds is 7. The Hall–Kier alpha value is -6.17. The van der Waals surface area contributed by atoms with Crippen molar-refractivity contribution < 1.29 is 24.5 Å². The van der Waals surface area contributed by atoms with Crippen LogP contribution in [0.3, 0.4) is 0 Å².